The minimum Gasteiger partial charge on any atom is -0.454 e. The summed E-state index contributed by atoms with van der Waals surface area (Å²) in [6.07, 6.45) is 3.96. The first-order chi connectivity index (χ1) is 9.85. The highest BCUT2D eigenvalue weighted by Crippen LogP contribution is 2.35. The average Bonchev–Trinajstić information content (AvgIpc) is 3.11. The first-order valence-corrected chi connectivity index (χ1v) is 6.42. The van der Waals surface area contributed by atoms with E-state index >= 15 is 0 Å². The van der Waals surface area contributed by atoms with Gasteiger partial charge in [0.1, 0.15) is 5.65 Å². The van der Waals surface area contributed by atoms with E-state index in [0.717, 1.165) is 34.0 Å². The highest BCUT2D eigenvalue weighted by Gasteiger charge is 2.15. The Balaban J connectivity index is 1.86. The Morgan fingerprint density at radius 3 is 3.00 bits per heavy atom. The lowest BCUT2D eigenvalue weighted by Crippen LogP contribution is -1.99. The van der Waals surface area contributed by atoms with Crippen LogP contribution in [0.25, 0.3) is 16.9 Å². The van der Waals surface area contributed by atoms with Gasteiger partial charge in [0.25, 0.3) is 0 Å². The fourth-order valence-corrected chi connectivity index (χ4v) is 2.43. The van der Waals surface area contributed by atoms with Crippen LogP contribution in [0.4, 0.5) is 0 Å². The Morgan fingerprint density at radius 1 is 1.20 bits per heavy atom. The van der Waals surface area contributed by atoms with Crippen LogP contribution < -0.4 is 15.2 Å². The molecule has 1 aliphatic rings. The fraction of sp³-hybridized carbons (Fsp3) is 0.133. The van der Waals surface area contributed by atoms with Crippen LogP contribution in [0, 0.1) is 0 Å². The molecule has 0 aliphatic carbocycles. The van der Waals surface area contributed by atoms with Crippen molar-refractivity contribution in [2.45, 2.75) is 6.54 Å². The summed E-state index contributed by atoms with van der Waals surface area (Å²) in [7, 11) is 0. The van der Waals surface area contributed by atoms with E-state index in [0.29, 0.717) is 6.54 Å². The zero-order valence-electron chi connectivity index (χ0n) is 10.7. The monoisotopic (exact) mass is 267 g/mol. The van der Waals surface area contributed by atoms with Crippen LogP contribution in [0.2, 0.25) is 0 Å². The minimum absolute atomic E-state index is 0.279. The second kappa shape index (κ2) is 4.25. The largest absolute Gasteiger partial charge is 0.454 e. The standard InChI is InChI=1S/C15H13N3O2/c16-7-11-2-1-5-18-8-12(17-15(11)18)10-3-4-13-14(6-10)20-9-19-13/h1-6,8H,7,9,16H2. The third kappa shape index (κ3) is 1.64. The molecule has 3 aromatic rings. The SMILES string of the molecule is NCc1cccn2cc(-c3ccc4c(c3)OCO4)nc12. The number of aromatic nitrogens is 2. The third-order valence-electron chi connectivity index (χ3n) is 3.45. The lowest BCUT2D eigenvalue weighted by molar-refractivity contribution is 0.174. The Labute approximate surface area is 115 Å². The highest BCUT2D eigenvalue weighted by atomic mass is 16.7. The van der Waals surface area contributed by atoms with E-state index in [1.807, 2.05) is 47.1 Å². The summed E-state index contributed by atoms with van der Waals surface area (Å²) in [6, 6.07) is 9.81. The molecule has 0 saturated carbocycles. The van der Waals surface area contributed by atoms with Gasteiger partial charge in [0.05, 0.1) is 5.69 Å². The van der Waals surface area contributed by atoms with Gasteiger partial charge in [-0.2, -0.15) is 0 Å². The molecule has 1 aliphatic heterocycles. The lowest BCUT2D eigenvalue weighted by Gasteiger charge is -1.99. The average molecular weight is 267 g/mol. The van der Waals surface area contributed by atoms with Crippen molar-refractivity contribution in [2.24, 2.45) is 5.73 Å². The van der Waals surface area contributed by atoms with Crippen molar-refractivity contribution >= 4 is 5.65 Å². The number of pyridine rings is 1. The molecule has 0 saturated heterocycles. The number of fused-ring (bicyclic) bond motifs is 2. The van der Waals surface area contributed by atoms with Crippen molar-refractivity contribution in [1.29, 1.82) is 0 Å². The van der Waals surface area contributed by atoms with Gasteiger partial charge in [0, 0.05) is 30.1 Å². The van der Waals surface area contributed by atoms with Crippen molar-refractivity contribution < 1.29 is 9.47 Å². The highest BCUT2D eigenvalue weighted by molar-refractivity contribution is 5.67. The van der Waals surface area contributed by atoms with Crippen LogP contribution in [0.3, 0.4) is 0 Å². The number of hydrogen-bond donors (Lipinski definition) is 1. The smallest absolute Gasteiger partial charge is 0.231 e. The number of ether oxygens (including phenoxy) is 2. The van der Waals surface area contributed by atoms with Gasteiger partial charge in [0.2, 0.25) is 6.79 Å². The molecule has 3 heterocycles. The molecule has 0 atom stereocenters. The second-order valence-electron chi connectivity index (χ2n) is 4.66. The Kier molecular flexibility index (Phi) is 2.40. The Morgan fingerprint density at radius 2 is 2.10 bits per heavy atom. The molecule has 0 radical (unpaired) electrons. The van der Waals surface area contributed by atoms with E-state index in [1.54, 1.807) is 0 Å². The van der Waals surface area contributed by atoms with E-state index in [4.69, 9.17) is 15.2 Å². The summed E-state index contributed by atoms with van der Waals surface area (Å²) in [5.74, 6) is 1.54. The Hall–Kier alpha value is -2.53. The number of hydrogen-bond acceptors (Lipinski definition) is 4. The van der Waals surface area contributed by atoms with Gasteiger partial charge < -0.3 is 19.6 Å². The van der Waals surface area contributed by atoms with Crippen molar-refractivity contribution in [1.82, 2.24) is 9.38 Å². The number of imidazole rings is 1. The Bertz CT molecular complexity index is 795. The van der Waals surface area contributed by atoms with E-state index in [1.165, 1.54) is 0 Å². The van der Waals surface area contributed by atoms with E-state index in [9.17, 15) is 0 Å². The maximum atomic E-state index is 5.75. The zero-order chi connectivity index (χ0) is 13.5. The van der Waals surface area contributed by atoms with Crippen LogP contribution in [0.5, 0.6) is 11.5 Å². The number of rotatable bonds is 2. The molecule has 0 fully saturated rings. The molecule has 0 amide bonds. The molecular formula is C15H13N3O2. The van der Waals surface area contributed by atoms with E-state index in [2.05, 4.69) is 4.98 Å². The first-order valence-electron chi connectivity index (χ1n) is 6.42. The van der Waals surface area contributed by atoms with Gasteiger partial charge in [-0.3, -0.25) is 0 Å². The summed E-state index contributed by atoms with van der Waals surface area (Å²) in [5, 5.41) is 0. The van der Waals surface area contributed by atoms with Gasteiger partial charge in [-0.25, -0.2) is 4.98 Å². The minimum atomic E-state index is 0.279. The normalized spacial score (nSPS) is 13.1. The summed E-state index contributed by atoms with van der Waals surface area (Å²) >= 11 is 0. The maximum Gasteiger partial charge on any atom is 0.231 e. The van der Waals surface area contributed by atoms with Crippen molar-refractivity contribution in [3.05, 3.63) is 48.3 Å². The second-order valence-corrected chi connectivity index (χ2v) is 4.66. The van der Waals surface area contributed by atoms with Gasteiger partial charge >= 0.3 is 0 Å². The topological polar surface area (TPSA) is 61.8 Å². The van der Waals surface area contributed by atoms with Crippen molar-refractivity contribution in [3.8, 4) is 22.8 Å². The van der Waals surface area contributed by atoms with Gasteiger partial charge in [-0.05, 0) is 24.3 Å². The first kappa shape index (κ1) is 11.3. The van der Waals surface area contributed by atoms with Crippen LogP contribution in [-0.4, -0.2) is 16.2 Å². The predicted molar refractivity (Wildman–Crippen MR) is 74.6 cm³/mol. The summed E-state index contributed by atoms with van der Waals surface area (Å²) in [5.41, 5.74) is 9.56. The van der Waals surface area contributed by atoms with Crippen molar-refractivity contribution in [3.63, 3.8) is 0 Å². The molecule has 0 spiro atoms. The maximum absolute atomic E-state index is 5.75. The number of nitrogens with two attached hydrogens (primary N) is 1. The van der Waals surface area contributed by atoms with Crippen molar-refractivity contribution in [2.75, 3.05) is 6.79 Å². The molecule has 4 rings (SSSR count). The van der Waals surface area contributed by atoms with Gasteiger partial charge in [-0.15, -0.1) is 0 Å². The van der Waals surface area contributed by atoms with E-state index < -0.39 is 0 Å². The lowest BCUT2D eigenvalue weighted by atomic mass is 10.1. The third-order valence-corrected chi connectivity index (χ3v) is 3.45. The molecule has 2 aromatic heterocycles. The predicted octanol–water partition coefficient (Wildman–Crippen LogP) is 2.19. The molecule has 5 heteroatoms. The molecular weight excluding hydrogens is 254 g/mol. The number of benzene rings is 1. The van der Waals surface area contributed by atoms with Crippen LogP contribution >= 0.6 is 0 Å². The van der Waals surface area contributed by atoms with Crippen LogP contribution in [-0.2, 0) is 6.54 Å². The quantitative estimate of drug-likeness (QED) is 0.773. The van der Waals surface area contributed by atoms with E-state index in [-0.39, 0.29) is 6.79 Å². The molecule has 20 heavy (non-hydrogen) atoms. The molecule has 0 unspecified atom stereocenters. The zero-order valence-corrected chi connectivity index (χ0v) is 10.7. The summed E-state index contributed by atoms with van der Waals surface area (Å²) in [6.45, 7) is 0.753. The number of nitrogens with zero attached hydrogens (tertiary/aromatic N) is 2. The van der Waals surface area contributed by atoms with Crippen LogP contribution in [0.1, 0.15) is 5.56 Å². The molecule has 0 bridgehead atoms. The summed E-state index contributed by atoms with van der Waals surface area (Å²) in [4.78, 5) is 4.67. The molecule has 5 nitrogen and oxygen atoms in total. The van der Waals surface area contributed by atoms with Gasteiger partial charge in [-0.1, -0.05) is 6.07 Å². The molecule has 1 aromatic carbocycles. The van der Waals surface area contributed by atoms with Gasteiger partial charge in [0.15, 0.2) is 11.5 Å². The molecule has 2 N–H and O–H groups in total. The molecule has 100 valence electrons. The summed E-state index contributed by atoms with van der Waals surface area (Å²) < 4.78 is 12.7. The fourth-order valence-electron chi connectivity index (χ4n) is 2.43. The van der Waals surface area contributed by atoms with Crippen LogP contribution in [0.15, 0.2) is 42.7 Å².